The molecule has 8 heteroatoms. The highest BCUT2D eigenvalue weighted by Gasteiger charge is 2.16. The van der Waals surface area contributed by atoms with Crippen molar-refractivity contribution in [3.63, 3.8) is 0 Å². The van der Waals surface area contributed by atoms with Crippen molar-refractivity contribution in [3.05, 3.63) is 41.2 Å². The molecule has 140 valence electrons. The zero-order valence-corrected chi connectivity index (χ0v) is 14.9. The molecule has 0 atom stereocenters. The minimum Gasteiger partial charge on any atom is -0.497 e. The summed E-state index contributed by atoms with van der Waals surface area (Å²) in [4.78, 5) is 15.9. The lowest BCUT2D eigenvalue weighted by Gasteiger charge is -2.14. The Morgan fingerprint density at radius 2 is 2.00 bits per heavy atom. The van der Waals surface area contributed by atoms with Crippen molar-refractivity contribution in [3.8, 4) is 5.75 Å². The number of hydrogen-bond donors (Lipinski definition) is 4. The summed E-state index contributed by atoms with van der Waals surface area (Å²) in [7, 11) is 1.56. The highest BCUT2D eigenvalue weighted by Crippen LogP contribution is 2.27. The number of aromatic nitrogens is 1. The normalized spacial score (nSPS) is 10.5. The number of aryl methyl sites for hydroxylation is 1. The minimum absolute atomic E-state index is 0.0320. The van der Waals surface area contributed by atoms with E-state index in [0.29, 0.717) is 24.5 Å². The molecule has 0 aliphatic heterocycles. The van der Waals surface area contributed by atoms with E-state index in [2.05, 4.69) is 15.6 Å². The molecule has 1 aromatic carbocycles. The molecule has 1 heterocycles. The summed E-state index contributed by atoms with van der Waals surface area (Å²) in [6.07, 6.45) is 1.61. The Labute approximate surface area is 151 Å². The monoisotopic (exact) mass is 361 g/mol. The summed E-state index contributed by atoms with van der Waals surface area (Å²) in [6, 6.07) is 6.54. The van der Waals surface area contributed by atoms with Crippen LogP contribution < -0.4 is 26.8 Å². The Hall–Kier alpha value is -2.87. The largest absolute Gasteiger partial charge is 0.497 e. The molecule has 0 aliphatic rings. The van der Waals surface area contributed by atoms with Crippen molar-refractivity contribution in [2.24, 2.45) is 11.5 Å². The summed E-state index contributed by atoms with van der Waals surface area (Å²) in [5.41, 5.74) is 12.4. The minimum atomic E-state index is -0.770. The number of nitrogens with zero attached hydrogens (tertiary/aromatic N) is 1. The first kappa shape index (κ1) is 19.5. The van der Waals surface area contributed by atoms with Gasteiger partial charge in [0.15, 0.2) is 11.6 Å². The van der Waals surface area contributed by atoms with Crippen LogP contribution in [0.2, 0.25) is 0 Å². The first-order valence-electron chi connectivity index (χ1n) is 8.31. The molecule has 0 spiro atoms. The van der Waals surface area contributed by atoms with Gasteiger partial charge in [-0.3, -0.25) is 4.79 Å². The van der Waals surface area contributed by atoms with Crippen LogP contribution in [0.3, 0.4) is 0 Å². The van der Waals surface area contributed by atoms with Gasteiger partial charge < -0.3 is 26.8 Å². The van der Waals surface area contributed by atoms with Crippen LogP contribution in [0.25, 0.3) is 0 Å². The number of halogens is 1. The number of carbonyl (C=O) groups is 1. The second-order valence-electron chi connectivity index (χ2n) is 5.87. The van der Waals surface area contributed by atoms with E-state index < -0.39 is 11.7 Å². The molecule has 0 unspecified atom stereocenters. The molecule has 2 rings (SSSR count). The van der Waals surface area contributed by atoms with Crippen LogP contribution in [0.15, 0.2) is 24.3 Å². The number of nitrogens with one attached hydrogen (secondary N) is 2. The third kappa shape index (κ3) is 5.06. The molecule has 1 amide bonds. The van der Waals surface area contributed by atoms with Gasteiger partial charge in [-0.25, -0.2) is 9.37 Å². The van der Waals surface area contributed by atoms with Crippen LogP contribution in [0.1, 0.15) is 28.8 Å². The van der Waals surface area contributed by atoms with Gasteiger partial charge in [0.1, 0.15) is 11.6 Å². The third-order valence-corrected chi connectivity index (χ3v) is 3.71. The number of primary amides is 1. The number of anilines is 3. The summed E-state index contributed by atoms with van der Waals surface area (Å²) in [6.45, 7) is 3.00. The number of benzene rings is 1. The quantitative estimate of drug-likeness (QED) is 0.510. The SMILES string of the molecule is COc1cc(C)cc(Nc2nc(NCCCCN)c(F)cc2C(N)=O)c1. The lowest BCUT2D eigenvalue weighted by atomic mass is 10.2. The number of carbonyl (C=O) groups excluding carboxylic acids is 1. The zero-order valence-electron chi connectivity index (χ0n) is 14.9. The van der Waals surface area contributed by atoms with Gasteiger partial charge in [-0.05, 0) is 50.1 Å². The topological polar surface area (TPSA) is 115 Å². The molecule has 0 aliphatic carbocycles. The number of methoxy groups -OCH3 is 1. The van der Waals surface area contributed by atoms with Crippen LogP contribution in [0, 0.1) is 12.7 Å². The van der Waals surface area contributed by atoms with Gasteiger partial charge in [-0.2, -0.15) is 0 Å². The van der Waals surface area contributed by atoms with E-state index in [9.17, 15) is 9.18 Å². The molecule has 6 N–H and O–H groups in total. The molecule has 0 radical (unpaired) electrons. The van der Waals surface area contributed by atoms with Gasteiger partial charge in [0, 0.05) is 18.3 Å². The van der Waals surface area contributed by atoms with Crippen LogP contribution >= 0.6 is 0 Å². The fourth-order valence-electron chi connectivity index (χ4n) is 2.45. The summed E-state index contributed by atoms with van der Waals surface area (Å²) < 4.78 is 19.5. The van der Waals surface area contributed by atoms with E-state index in [-0.39, 0.29) is 17.2 Å². The van der Waals surface area contributed by atoms with E-state index in [4.69, 9.17) is 16.2 Å². The molecule has 7 nitrogen and oxygen atoms in total. The summed E-state index contributed by atoms with van der Waals surface area (Å²) in [5.74, 6) is -0.537. The van der Waals surface area contributed by atoms with Gasteiger partial charge in [-0.1, -0.05) is 0 Å². The number of hydrogen-bond acceptors (Lipinski definition) is 6. The van der Waals surface area contributed by atoms with Gasteiger partial charge in [0.2, 0.25) is 0 Å². The zero-order chi connectivity index (χ0) is 19.1. The van der Waals surface area contributed by atoms with Crippen molar-refractivity contribution < 1.29 is 13.9 Å². The van der Waals surface area contributed by atoms with Crippen molar-refractivity contribution in [1.82, 2.24) is 4.98 Å². The van der Waals surface area contributed by atoms with E-state index in [1.54, 1.807) is 13.2 Å². The maximum Gasteiger partial charge on any atom is 0.252 e. The van der Waals surface area contributed by atoms with E-state index in [1.807, 2.05) is 19.1 Å². The fourth-order valence-corrected chi connectivity index (χ4v) is 2.45. The van der Waals surface area contributed by atoms with Crippen molar-refractivity contribution in [1.29, 1.82) is 0 Å². The van der Waals surface area contributed by atoms with Gasteiger partial charge in [0.25, 0.3) is 5.91 Å². The molecule has 26 heavy (non-hydrogen) atoms. The lowest BCUT2D eigenvalue weighted by molar-refractivity contribution is 0.100. The Kier molecular flexibility index (Phi) is 6.74. The maximum atomic E-state index is 14.2. The summed E-state index contributed by atoms with van der Waals surface area (Å²) >= 11 is 0. The maximum absolute atomic E-state index is 14.2. The lowest BCUT2D eigenvalue weighted by Crippen LogP contribution is -2.17. The molecule has 0 bridgehead atoms. The number of unbranched alkanes of at least 4 members (excludes halogenated alkanes) is 1. The average Bonchev–Trinajstić information content (AvgIpc) is 2.60. The first-order valence-corrected chi connectivity index (χ1v) is 8.31. The summed E-state index contributed by atoms with van der Waals surface area (Å²) in [5, 5.41) is 5.94. The van der Waals surface area contributed by atoms with E-state index >= 15 is 0 Å². The average molecular weight is 361 g/mol. The standard InChI is InChI=1S/C18H24FN5O2/c1-11-7-12(9-13(8-11)26-2)23-17-14(16(21)25)10-15(19)18(24-17)22-6-4-3-5-20/h7-10H,3-6,20H2,1-2H3,(H2,21,25)(H2,22,23,24). The first-order chi connectivity index (χ1) is 12.4. The van der Waals surface area contributed by atoms with Crippen LogP contribution in [-0.2, 0) is 0 Å². The van der Waals surface area contributed by atoms with Crippen LogP contribution in [-0.4, -0.2) is 31.1 Å². The number of pyridine rings is 1. The molecule has 0 fully saturated rings. The second kappa shape index (κ2) is 9.00. The second-order valence-corrected chi connectivity index (χ2v) is 5.87. The fraction of sp³-hybridized carbons (Fsp3) is 0.333. The predicted octanol–water partition coefficient (Wildman–Crippen LogP) is 2.53. The Morgan fingerprint density at radius 1 is 1.23 bits per heavy atom. The van der Waals surface area contributed by atoms with Gasteiger partial charge in [0.05, 0.1) is 12.7 Å². The van der Waals surface area contributed by atoms with E-state index in [1.165, 1.54) is 0 Å². The van der Waals surface area contributed by atoms with Crippen molar-refractivity contribution in [2.45, 2.75) is 19.8 Å². The molecule has 0 saturated carbocycles. The highest BCUT2D eigenvalue weighted by atomic mass is 19.1. The van der Waals surface area contributed by atoms with Gasteiger partial charge >= 0.3 is 0 Å². The smallest absolute Gasteiger partial charge is 0.252 e. The van der Waals surface area contributed by atoms with Crippen LogP contribution in [0.4, 0.5) is 21.7 Å². The Bertz CT molecular complexity index is 782. The molecule has 0 saturated heterocycles. The number of amides is 1. The van der Waals surface area contributed by atoms with E-state index in [0.717, 1.165) is 24.5 Å². The third-order valence-electron chi connectivity index (χ3n) is 3.71. The highest BCUT2D eigenvalue weighted by molar-refractivity contribution is 5.98. The molecule has 2 aromatic rings. The number of rotatable bonds is 9. The molecule has 1 aromatic heterocycles. The van der Waals surface area contributed by atoms with Gasteiger partial charge in [-0.15, -0.1) is 0 Å². The number of ether oxygens (including phenoxy) is 1. The molecular formula is C18H24FN5O2. The number of nitrogens with two attached hydrogens (primary N) is 2. The van der Waals surface area contributed by atoms with Crippen molar-refractivity contribution in [2.75, 3.05) is 30.8 Å². The Balaban J connectivity index is 2.32. The van der Waals surface area contributed by atoms with Crippen molar-refractivity contribution >= 4 is 23.2 Å². The predicted molar refractivity (Wildman–Crippen MR) is 101 cm³/mol. The Morgan fingerprint density at radius 3 is 2.65 bits per heavy atom. The molecular weight excluding hydrogens is 337 g/mol. The van der Waals surface area contributed by atoms with Crippen LogP contribution in [0.5, 0.6) is 5.75 Å².